The van der Waals surface area contributed by atoms with Crippen molar-refractivity contribution in [2.24, 2.45) is 11.7 Å². The highest BCUT2D eigenvalue weighted by Crippen LogP contribution is 2.46. The number of hydrogen-bond donors (Lipinski definition) is 2. The SMILES string of the molecule is CCCC(C)C1C(C#N)=C(N)Oc2n[nH]c(-c3ccccc3)c21. The predicted octanol–water partition coefficient (Wildman–Crippen LogP) is 3.68. The average Bonchev–Trinajstić information content (AvgIpc) is 2.97. The van der Waals surface area contributed by atoms with Gasteiger partial charge in [-0.1, -0.05) is 57.0 Å². The molecule has 0 saturated carbocycles. The van der Waals surface area contributed by atoms with Crippen molar-refractivity contribution in [3.05, 3.63) is 47.4 Å². The maximum absolute atomic E-state index is 9.58. The Morgan fingerprint density at radius 3 is 2.78 bits per heavy atom. The Hall–Kier alpha value is -2.74. The number of H-pyrrole nitrogens is 1. The minimum absolute atomic E-state index is 0.0994. The van der Waals surface area contributed by atoms with Crippen LogP contribution in [-0.4, -0.2) is 10.2 Å². The molecule has 1 aliphatic heterocycles. The van der Waals surface area contributed by atoms with Crippen molar-refractivity contribution in [1.82, 2.24) is 10.2 Å². The number of allylic oxidation sites excluding steroid dienone is 1. The molecule has 0 aliphatic carbocycles. The van der Waals surface area contributed by atoms with Crippen molar-refractivity contribution in [3.8, 4) is 23.2 Å². The van der Waals surface area contributed by atoms with Gasteiger partial charge in [0, 0.05) is 5.92 Å². The molecule has 2 aromatic rings. The second-order valence-corrected chi connectivity index (χ2v) is 5.92. The smallest absolute Gasteiger partial charge is 0.244 e. The third-order valence-electron chi connectivity index (χ3n) is 4.36. The summed E-state index contributed by atoms with van der Waals surface area (Å²) in [6.45, 7) is 4.29. The Bertz CT molecular complexity index is 770. The van der Waals surface area contributed by atoms with Gasteiger partial charge in [0.1, 0.15) is 6.07 Å². The molecule has 0 fully saturated rings. The first-order valence-electron chi connectivity index (χ1n) is 7.88. The third-order valence-corrected chi connectivity index (χ3v) is 4.36. The lowest BCUT2D eigenvalue weighted by Crippen LogP contribution is -2.24. The van der Waals surface area contributed by atoms with Gasteiger partial charge in [-0.15, -0.1) is 5.10 Å². The standard InChI is InChI=1S/C18H20N4O/c1-3-7-11(2)14-13(10-19)17(20)23-18-15(14)16(21-22-18)12-8-5-4-6-9-12/h4-6,8-9,11,14H,3,7,20H2,1-2H3,(H,21,22). The van der Waals surface area contributed by atoms with Crippen LogP contribution >= 0.6 is 0 Å². The second kappa shape index (κ2) is 6.17. The number of nitrogens with one attached hydrogen (secondary N) is 1. The predicted molar refractivity (Wildman–Crippen MR) is 88.3 cm³/mol. The molecular formula is C18H20N4O. The minimum Gasteiger partial charge on any atom is -0.420 e. The number of fused-ring (bicyclic) bond motifs is 1. The Morgan fingerprint density at radius 1 is 1.39 bits per heavy atom. The van der Waals surface area contributed by atoms with E-state index >= 15 is 0 Å². The molecule has 0 saturated heterocycles. The number of benzene rings is 1. The number of hydrogen-bond acceptors (Lipinski definition) is 4. The Labute approximate surface area is 135 Å². The van der Waals surface area contributed by atoms with Gasteiger partial charge < -0.3 is 10.5 Å². The number of nitriles is 1. The van der Waals surface area contributed by atoms with Crippen LogP contribution in [0.5, 0.6) is 5.88 Å². The van der Waals surface area contributed by atoms with Crippen LogP contribution in [0.25, 0.3) is 11.3 Å². The molecule has 3 N–H and O–H groups in total. The van der Waals surface area contributed by atoms with Crippen LogP contribution in [0, 0.1) is 17.2 Å². The lowest BCUT2D eigenvalue weighted by molar-refractivity contribution is 0.349. The monoisotopic (exact) mass is 308 g/mol. The summed E-state index contributed by atoms with van der Waals surface area (Å²) >= 11 is 0. The number of nitrogens with zero attached hydrogens (tertiary/aromatic N) is 2. The fourth-order valence-electron chi connectivity index (χ4n) is 3.30. The van der Waals surface area contributed by atoms with Crippen molar-refractivity contribution in [1.29, 1.82) is 5.26 Å². The largest absolute Gasteiger partial charge is 0.420 e. The van der Waals surface area contributed by atoms with E-state index in [-0.39, 0.29) is 17.7 Å². The van der Waals surface area contributed by atoms with E-state index in [1.807, 2.05) is 30.3 Å². The molecule has 0 bridgehead atoms. The molecule has 0 spiro atoms. The number of ether oxygens (including phenoxy) is 1. The van der Waals surface area contributed by atoms with Gasteiger partial charge >= 0.3 is 0 Å². The fraction of sp³-hybridized carbons (Fsp3) is 0.333. The lowest BCUT2D eigenvalue weighted by atomic mass is 9.78. The number of rotatable bonds is 4. The highest BCUT2D eigenvalue weighted by molar-refractivity contribution is 5.69. The first-order valence-corrected chi connectivity index (χ1v) is 7.88. The molecule has 1 aliphatic rings. The van der Waals surface area contributed by atoms with E-state index in [2.05, 4.69) is 30.1 Å². The van der Waals surface area contributed by atoms with E-state index in [1.54, 1.807) is 0 Å². The summed E-state index contributed by atoms with van der Waals surface area (Å²) in [5.41, 5.74) is 9.31. The van der Waals surface area contributed by atoms with Crippen molar-refractivity contribution in [3.63, 3.8) is 0 Å². The molecule has 1 aromatic carbocycles. The molecule has 2 atom stereocenters. The highest BCUT2D eigenvalue weighted by Gasteiger charge is 2.37. The van der Waals surface area contributed by atoms with Crippen molar-refractivity contribution >= 4 is 0 Å². The zero-order valence-corrected chi connectivity index (χ0v) is 13.3. The first kappa shape index (κ1) is 15.2. The van der Waals surface area contributed by atoms with E-state index in [4.69, 9.17) is 10.5 Å². The average molecular weight is 308 g/mol. The fourth-order valence-corrected chi connectivity index (χ4v) is 3.30. The van der Waals surface area contributed by atoms with Crippen molar-refractivity contribution < 1.29 is 4.74 Å². The highest BCUT2D eigenvalue weighted by atomic mass is 16.5. The molecule has 2 heterocycles. The molecule has 23 heavy (non-hydrogen) atoms. The summed E-state index contributed by atoms with van der Waals surface area (Å²) in [7, 11) is 0. The van der Waals surface area contributed by atoms with Gasteiger partial charge in [-0.25, -0.2) is 0 Å². The molecule has 2 unspecified atom stereocenters. The molecule has 5 nitrogen and oxygen atoms in total. The summed E-state index contributed by atoms with van der Waals surface area (Å²) < 4.78 is 5.59. The summed E-state index contributed by atoms with van der Waals surface area (Å²) in [5.74, 6) is 0.820. The van der Waals surface area contributed by atoms with Gasteiger partial charge in [-0.3, -0.25) is 5.10 Å². The van der Waals surface area contributed by atoms with Gasteiger partial charge in [0.2, 0.25) is 11.8 Å². The Morgan fingerprint density at radius 2 is 2.13 bits per heavy atom. The summed E-state index contributed by atoms with van der Waals surface area (Å²) in [4.78, 5) is 0. The van der Waals surface area contributed by atoms with Crippen LogP contribution in [0.2, 0.25) is 0 Å². The summed E-state index contributed by atoms with van der Waals surface area (Å²) in [5, 5.41) is 16.9. The van der Waals surface area contributed by atoms with Crippen molar-refractivity contribution in [2.75, 3.05) is 0 Å². The Kier molecular flexibility index (Phi) is 4.07. The minimum atomic E-state index is -0.0994. The van der Waals surface area contributed by atoms with Gasteiger partial charge in [0.05, 0.1) is 16.8 Å². The molecule has 0 radical (unpaired) electrons. The number of nitrogens with two attached hydrogens (primary N) is 1. The van der Waals surface area contributed by atoms with Gasteiger partial charge in [0.25, 0.3) is 0 Å². The topological polar surface area (TPSA) is 87.7 Å². The summed E-state index contributed by atoms with van der Waals surface area (Å²) in [6, 6.07) is 12.2. The number of aromatic amines is 1. The molecule has 0 amide bonds. The Balaban J connectivity index is 2.16. The van der Waals surface area contributed by atoms with Crippen LogP contribution in [0.4, 0.5) is 0 Å². The van der Waals surface area contributed by atoms with Crippen LogP contribution in [0.15, 0.2) is 41.8 Å². The first-order chi connectivity index (χ1) is 11.2. The molecule has 5 heteroatoms. The molecule has 118 valence electrons. The van der Waals surface area contributed by atoms with Crippen LogP contribution in [0.1, 0.15) is 38.2 Å². The maximum Gasteiger partial charge on any atom is 0.244 e. The normalized spacial score (nSPS) is 18.0. The van der Waals surface area contributed by atoms with E-state index < -0.39 is 0 Å². The molecular weight excluding hydrogens is 288 g/mol. The zero-order chi connectivity index (χ0) is 16.4. The second-order valence-electron chi connectivity index (χ2n) is 5.92. The van der Waals surface area contributed by atoms with Crippen molar-refractivity contribution in [2.45, 2.75) is 32.6 Å². The zero-order valence-electron chi connectivity index (χ0n) is 13.3. The molecule has 3 rings (SSSR count). The van der Waals surface area contributed by atoms with Crippen LogP contribution in [-0.2, 0) is 0 Å². The van der Waals surface area contributed by atoms with Gasteiger partial charge in [-0.05, 0) is 11.5 Å². The van der Waals surface area contributed by atoms with E-state index in [1.165, 1.54) is 0 Å². The van der Waals surface area contributed by atoms with E-state index in [0.29, 0.717) is 11.5 Å². The third kappa shape index (κ3) is 2.57. The molecule has 1 aromatic heterocycles. The van der Waals surface area contributed by atoms with Crippen LogP contribution < -0.4 is 10.5 Å². The van der Waals surface area contributed by atoms with Crippen LogP contribution in [0.3, 0.4) is 0 Å². The lowest BCUT2D eigenvalue weighted by Gasteiger charge is -2.28. The summed E-state index contributed by atoms with van der Waals surface area (Å²) in [6.07, 6.45) is 2.05. The number of aromatic nitrogens is 2. The van der Waals surface area contributed by atoms with Gasteiger partial charge in [-0.2, -0.15) is 5.26 Å². The van der Waals surface area contributed by atoms with Gasteiger partial charge in [0.15, 0.2) is 0 Å². The maximum atomic E-state index is 9.58. The quantitative estimate of drug-likeness (QED) is 0.901. The van der Waals surface area contributed by atoms with E-state index in [9.17, 15) is 5.26 Å². The van der Waals surface area contributed by atoms with E-state index in [0.717, 1.165) is 29.7 Å².